The first kappa shape index (κ1) is 26.3. The molecule has 0 saturated carbocycles. The van der Waals surface area contributed by atoms with Crippen molar-refractivity contribution in [1.82, 2.24) is 9.55 Å². The van der Waals surface area contributed by atoms with Crippen LogP contribution in [0.4, 0.5) is 0 Å². The second-order valence-corrected chi connectivity index (χ2v) is 10.5. The highest BCUT2D eigenvalue weighted by molar-refractivity contribution is 7.46. The highest BCUT2D eigenvalue weighted by atomic mass is 35.5. The fraction of sp³-hybridized carbons (Fsp3) is 0.333. The zero-order valence-electron chi connectivity index (χ0n) is 18.4. The number of nitrogens with zero attached hydrogens (tertiary/aromatic N) is 2. The second-order valence-electron chi connectivity index (χ2n) is 8.07. The lowest BCUT2D eigenvalue weighted by atomic mass is 10.1. The molecule has 1 unspecified atom stereocenters. The molecule has 1 saturated heterocycles. The van der Waals surface area contributed by atoms with Gasteiger partial charge in [-0.2, -0.15) is 0 Å². The van der Waals surface area contributed by atoms with Crippen molar-refractivity contribution in [2.24, 2.45) is 0 Å². The molecule has 0 bridgehead atoms. The van der Waals surface area contributed by atoms with E-state index < -0.39 is 31.7 Å². The van der Waals surface area contributed by atoms with Crippen molar-refractivity contribution in [3.63, 3.8) is 0 Å². The lowest BCUT2D eigenvalue weighted by Gasteiger charge is -2.21. The van der Waals surface area contributed by atoms with Gasteiger partial charge in [0.15, 0.2) is 11.2 Å². The number of para-hydroxylation sites is 1. The Morgan fingerprint density at radius 1 is 1.23 bits per heavy atom. The van der Waals surface area contributed by atoms with Gasteiger partial charge in [0.1, 0.15) is 18.1 Å². The topological polar surface area (TPSA) is 129 Å². The Balaban J connectivity index is 1.90. The minimum Gasteiger partial charge on any atom is -0.474 e. The minimum atomic E-state index is -4.87. The first-order chi connectivity index (χ1) is 16.4. The van der Waals surface area contributed by atoms with E-state index in [9.17, 15) is 19.1 Å². The molecule has 188 valence electrons. The molecule has 0 aliphatic carbocycles. The molecule has 0 amide bonds. The Bertz CT molecular complexity index is 1370. The zero-order valence-corrected chi connectivity index (χ0v) is 21.6. The Hall–Kier alpha value is -1.72. The molecule has 2 aromatic heterocycles. The summed E-state index contributed by atoms with van der Waals surface area (Å²) in [6.45, 7) is 3.24. The van der Waals surface area contributed by atoms with E-state index >= 15 is 0 Å². The number of phosphoric acid groups is 1. The third-order valence-corrected chi connectivity index (χ3v) is 6.39. The number of hydrogen-bond acceptors (Lipinski definition) is 7. The summed E-state index contributed by atoms with van der Waals surface area (Å²) in [5.41, 5.74) is -0.197. The molecule has 2 N–H and O–H groups in total. The van der Waals surface area contributed by atoms with Crippen molar-refractivity contribution in [2.45, 2.75) is 32.3 Å². The largest absolute Gasteiger partial charge is 0.474 e. The van der Waals surface area contributed by atoms with Gasteiger partial charge < -0.3 is 28.6 Å². The predicted octanol–water partition coefficient (Wildman–Crippen LogP) is 4.49. The summed E-state index contributed by atoms with van der Waals surface area (Å²) in [7, 11) is -4.87. The van der Waals surface area contributed by atoms with Gasteiger partial charge >= 0.3 is 7.82 Å². The zero-order chi connectivity index (χ0) is 25.5. The number of halogens is 3. The van der Waals surface area contributed by atoms with E-state index in [0.717, 1.165) is 6.07 Å². The highest BCUT2D eigenvalue weighted by Crippen LogP contribution is 2.40. The average Bonchev–Trinajstić information content (AvgIpc) is 3.11. The van der Waals surface area contributed by atoms with Crippen LogP contribution >= 0.6 is 42.6 Å². The molecule has 1 aliphatic rings. The Labute approximate surface area is 214 Å². The first-order valence-electron chi connectivity index (χ1n) is 10.2. The molecule has 35 heavy (non-hydrogen) atoms. The highest BCUT2D eigenvalue weighted by Gasteiger charge is 2.33. The monoisotopic (exact) mass is 564 g/mol. The summed E-state index contributed by atoms with van der Waals surface area (Å²) in [6, 6.07) is 5.87. The van der Waals surface area contributed by atoms with Crippen LogP contribution in [0.3, 0.4) is 0 Å². The van der Waals surface area contributed by atoms with Crippen LogP contribution in [-0.2, 0) is 25.2 Å². The van der Waals surface area contributed by atoms with E-state index in [1.165, 1.54) is 10.8 Å². The maximum atomic E-state index is 13.2. The summed E-state index contributed by atoms with van der Waals surface area (Å²) in [4.78, 5) is 35.8. The van der Waals surface area contributed by atoms with Crippen LogP contribution < -0.4 is 10.2 Å². The van der Waals surface area contributed by atoms with Crippen LogP contribution in [-0.4, -0.2) is 44.4 Å². The van der Waals surface area contributed by atoms with Crippen LogP contribution in [0.1, 0.15) is 19.5 Å². The molecule has 3 heterocycles. The molecule has 3 aromatic rings. The summed E-state index contributed by atoms with van der Waals surface area (Å²) in [6.07, 6.45) is 0.886. The molecule has 4 rings (SSSR count). The van der Waals surface area contributed by atoms with Gasteiger partial charge in [0, 0.05) is 6.07 Å². The first-order valence-corrected chi connectivity index (χ1v) is 12.8. The normalized spacial score (nSPS) is 17.7. The standard InChI is InChI=1S/C21H20Cl3N2O8P/c1-21(2)32-10-12(34-21)9-31-20-17-16(27)6-11(8-33-35(28,29)30)26(19(17)15(24)7-25-20)18-13(22)4-3-5-14(18)23/h3-7,12H,8-10H2,1-2H3,(H2,28,29,30). The Morgan fingerprint density at radius 3 is 2.51 bits per heavy atom. The van der Waals surface area contributed by atoms with Gasteiger partial charge in [-0.1, -0.05) is 40.9 Å². The van der Waals surface area contributed by atoms with Crippen LogP contribution in [0.15, 0.2) is 35.3 Å². The SMILES string of the molecule is CC1(C)OCC(COc2ncc(Cl)c3c2c(=O)cc(COP(=O)(O)O)n3-c2c(Cl)cccc2Cl)O1. The number of fused-ring (bicyclic) bond motifs is 1. The maximum Gasteiger partial charge on any atom is 0.469 e. The number of aromatic nitrogens is 2. The van der Waals surface area contributed by atoms with Crippen molar-refractivity contribution >= 4 is 53.5 Å². The summed E-state index contributed by atoms with van der Waals surface area (Å²) >= 11 is 19.4. The molecular formula is C21H20Cl3N2O8P. The number of pyridine rings is 2. The Morgan fingerprint density at radius 2 is 1.91 bits per heavy atom. The number of benzene rings is 1. The van der Waals surface area contributed by atoms with Crippen molar-refractivity contribution < 1.29 is 33.1 Å². The molecule has 1 atom stereocenters. The molecule has 1 aliphatic heterocycles. The van der Waals surface area contributed by atoms with E-state index in [0.29, 0.717) is 6.61 Å². The van der Waals surface area contributed by atoms with E-state index in [1.807, 2.05) is 0 Å². The van der Waals surface area contributed by atoms with Crippen molar-refractivity contribution in [3.8, 4) is 11.6 Å². The van der Waals surface area contributed by atoms with Crippen molar-refractivity contribution in [2.75, 3.05) is 13.2 Å². The fourth-order valence-electron chi connectivity index (χ4n) is 3.68. The molecule has 14 heteroatoms. The maximum absolute atomic E-state index is 13.2. The van der Waals surface area contributed by atoms with Crippen LogP contribution in [0.5, 0.6) is 5.88 Å². The lowest BCUT2D eigenvalue weighted by Crippen LogP contribution is -2.25. The summed E-state index contributed by atoms with van der Waals surface area (Å²) in [5.74, 6) is -0.785. The molecule has 0 spiro atoms. The van der Waals surface area contributed by atoms with Gasteiger partial charge in [-0.15, -0.1) is 0 Å². The lowest BCUT2D eigenvalue weighted by molar-refractivity contribution is -0.141. The van der Waals surface area contributed by atoms with Crippen LogP contribution in [0.2, 0.25) is 15.1 Å². The van der Waals surface area contributed by atoms with Gasteiger partial charge in [-0.3, -0.25) is 9.32 Å². The number of ether oxygens (including phenoxy) is 3. The fourth-order valence-corrected chi connectivity index (χ4v) is 4.77. The third-order valence-electron chi connectivity index (χ3n) is 5.04. The quantitative estimate of drug-likeness (QED) is 0.398. The summed E-state index contributed by atoms with van der Waals surface area (Å²) < 4.78 is 34.5. The van der Waals surface area contributed by atoms with Gasteiger partial charge in [0.05, 0.1) is 51.4 Å². The molecule has 1 fully saturated rings. The van der Waals surface area contributed by atoms with E-state index in [4.69, 9.17) is 49.0 Å². The van der Waals surface area contributed by atoms with Gasteiger partial charge in [-0.05, 0) is 26.0 Å². The average molecular weight is 566 g/mol. The number of rotatable bonds is 7. The van der Waals surface area contributed by atoms with Crippen LogP contribution in [0.25, 0.3) is 16.6 Å². The van der Waals surface area contributed by atoms with Gasteiger partial charge in [-0.25, -0.2) is 9.55 Å². The Kier molecular flexibility index (Phi) is 7.51. The van der Waals surface area contributed by atoms with Crippen LogP contribution in [0, 0.1) is 0 Å². The number of phosphoric ester groups is 1. The summed E-state index contributed by atoms with van der Waals surface area (Å²) in [5, 5.41) is 0.426. The third kappa shape index (κ3) is 5.83. The van der Waals surface area contributed by atoms with E-state index in [1.54, 1.807) is 32.0 Å². The van der Waals surface area contributed by atoms with E-state index in [-0.39, 0.29) is 49.8 Å². The predicted molar refractivity (Wildman–Crippen MR) is 130 cm³/mol. The number of hydrogen-bond donors (Lipinski definition) is 2. The second kappa shape index (κ2) is 9.97. The van der Waals surface area contributed by atoms with Gasteiger partial charge in [0.25, 0.3) is 0 Å². The van der Waals surface area contributed by atoms with E-state index in [2.05, 4.69) is 9.51 Å². The minimum absolute atomic E-state index is 0.00610. The molecule has 0 radical (unpaired) electrons. The van der Waals surface area contributed by atoms with Gasteiger partial charge in [0.2, 0.25) is 5.88 Å². The van der Waals surface area contributed by atoms with Crippen molar-refractivity contribution in [1.29, 1.82) is 0 Å². The molecular weight excluding hydrogens is 546 g/mol. The smallest absolute Gasteiger partial charge is 0.469 e. The molecule has 1 aromatic carbocycles. The van der Waals surface area contributed by atoms with Crippen molar-refractivity contribution in [3.05, 3.63) is 61.4 Å². The molecule has 10 nitrogen and oxygen atoms in total.